The first-order chi connectivity index (χ1) is 9.47. The standard InChI is InChI=1S/C14H14N2O4/c1-8-3-4-10(5-9(8)2)20-7-12-15-6-11(14(18)19)13(17)16-12/h3-6H,7H2,1-2H3,(H,18,19)(H,15,16,17). The Morgan fingerprint density at radius 2 is 2.10 bits per heavy atom. The van der Waals surface area contributed by atoms with Gasteiger partial charge in [-0.25, -0.2) is 9.78 Å². The first-order valence-corrected chi connectivity index (χ1v) is 5.99. The molecule has 0 aliphatic rings. The largest absolute Gasteiger partial charge is 0.486 e. The predicted molar refractivity (Wildman–Crippen MR) is 72.1 cm³/mol. The number of ether oxygens (including phenoxy) is 1. The van der Waals surface area contributed by atoms with Crippen molar-refractivity contribution in [1.82, 2.24) is 9.97 Å². The lowest BCUT2D eigenvalue weighted by molar-refractivity contribution is 0.0694. The summed E-state index contributed by atoms with van der Waals surface area (Å²) in [4.78, 5) is 28.4. The van der Waals surface area contributed by atoms with Gasteiger partial charge in [0.25, 0.3) is 5.56 Å². The van der Waals surface area contributed by atoms with Crippen LogP contribution in [-0.2, 0) is 6.61 Å². The van der Waals surface area contributed by atoms with Crippen molar-refractivity contribution in [2.24, 2.45) is 0 Å². The number of H-pyrrole nitrogens is 1. The number of aromatic nitrogens is 2. The number of aryl methyl sites for hydroxylation is 2. The van der Waals surface area contributed by atoms with Gasteiger partial charge in [0.2, 0.25) is 0 Å². The van der Waals surface area contributed by atoms with Crippen molar-refractivity contribution in [1.29, 1.82) is 0 Å². The molecule has 0 aliphatic heterocycles. The lowest BCUT2D eigenvalue weighted by atomic mass is 10.1. The molecule has 0 atom stereocenters. The Morgan fingerprint density at radius 3 is 2.70 bits per heavy atom. The summed E-state index contributed by atoms with van der Waals surface area (Å²) in [5, 5.41) is 8.73. The van der Waals surface area contributed by atoms with Crippen molar-refractivity contribution in [3.8, 4) is 5.75 Å². The summed E-state index contributed by atoms with van der Waals surface area (Å²) in [6, 6.07) is 5.65. The third-order valence-electron chi connectivity index (χ3n) is 2.94. The molecule has 6 nitrogen and oxygen atoms in total. The van der Waals surface area contributed by atoms with Crippen LogP contribution in [0.4, 0.5) is 0 Å². The van der Waals surface area contributed by atoms with Gasteiger partial charge in [-0.3, -0.25) is 4.79 Å². The van der Waals surface area contributed by atoms with Crippen molar-refractivity contribution in [3.05, 3.63) is 57.3 Å². The molecule has 1 heterocycles. The normalized spacial score (nSPS) is 10.3. The Morgan fingerprint density at radius 1 is 1.35 bits per heavy atom. The van der Waals surface area contributed by atoms with Crippen LogP contribution in [0.5, 0.6) is 5.75 Å². The Kier molecular flexibility index (Phi) is 3.84. The molecule has 0 aliphatic carbocycles. The summed E-state index contributed by atoms with van der Waals surface area (Å²) in [5.41, 5.74) is 1.19. The second-order valence-corrected chi connectivity index (χ2v) is 4.41. The fraction of sp³-hybridized carbons (Fsp3) is 0.214. The van der Waals surface area contributed by atoms with Crippen molar-refractivity contribution in [2.75, 3.05) is 0 Å². The molecule has 0 saturated heterocycles. The zero-order valence-electron chi connectivity index (χ0n) is 11.1. The summed E-state index contributed by atoms with van der Waals surface area (Å²) in [5.74, 6) is -0.364. The molecule has 0 bridgehead atoms. The first-order valence-electron chi connectivity index (χ1n) is 5.99. The maximum absolute atomic E-state index is 11.5. The number of hydrogen-bond acceptors (Lipinski definition) is 4. The molecule has 104 valence electrons. The number of hydrogen-bond donors (Lipinski definition) is 2. The molecule has 20 heavy (non-hydrogen) atoms. The van der Waals surface area contributed by atoms with Gasteiger partial charge in [0.1, 0.15) is 23.7 Å². The Balaban J connectivity index is 2.11. The Bertz CT molecular complexity index is 707. The molecule has 0 unspecified atom stereocenters. The summed E-state index contributed by atoms with van der Waals surface area (Å²) in [6.45, 7) is 4.05. The lowest BCUT2D eigenvalue weighted by Crippen LogP contribution is -2.20. The first kappa shape index (κ1) is 13.8. The average Bonchev–Trinajstić information content (AvgIpc) is 2.40. The molecular formula is C14H14N2O4. The van der Waals surface area contributed by atoms with Gasteiger partial charge in [-0.15, -0.1) is 0 Å². The minimum Gasteiger partial charge on any atom is -0.486 e. The molecule has 0 spiro atoms. The van der Waals surface area contributed by atoms with Crippen LogP contribution in [0.15, 0.2) is 29.2 Å². The highest BCUT2D eigenvalue weighted by atomic mass is 16.5. The van der Waals surface area contributed by atoms with Crippen molar-refractivity contribution >= 4 is 5.97 Å². The van der Waals surface area contributed by atoms with Gasteiger partial charge in [0.05, 0.1) is 0 Å². The second-order valence-electron chi connectivity index (χ2n) is 4.41. The van der Waals surface area contributed by atoms with Gasteiger partial charge in [0, 0.05) is 6.20 Å². The Hall–Kier alpha value is -2.63. The number of rotatable bonds is 4. The number of carbonyl (C=O) groups is 1. The monoisotopic (exact) mass is 274 g/mol. The zero-order valence-corrected chi connectivity index (χ0v) is 11.1. The molecule has 0 radical (unpaired) electrons. The molecule has 1 aromatic carbocycles. The van der Waals surface area contributed by atoms with E-state index < -0.39 is 11.5 Å². The summed E-state index contributed by atoms with van der Waals surface area (Å²) >= 11 is 0. The van der Waals surface area contributed by atoms with E-state index in [9.17, 15) is 9.59 Å². The van der Waals surface area contributed by atoms with Crippen LogP contribution < -0.4 is 10.3 Å². The van der Waals surface area contributed by atoms with Crippen LogP contribution in [0.2, 0.25) is 0 Å². The summed E-state index contributed by atoms with van der Waals surface area (Å²) < 4.78 is 5.50. The highest BCUT2D eigenvalue weighted by molar-refractivity contribution is 5.86. The minimum atomic E-state index is -1.31. The number of nitrogens with one attached hydrogen (secondary N) is 1. The van der Waals surface area contributed by atoms with Crippen LogP contribution in [0.3, 0.4) is 0 Å². The minimum absolute atomic E-state index is 0.0671. The van der Waals surface area contributed by atoms with Gasteiger partial charge in [-0.2, -0.15) is 0 Å². The predicted octanol–water partition coefficient (Wildman–Crippen LogP) is 1.66. The molecular weight excluding hydrogens is 260 g/mol. The van der Waals surface area contributed by atoms with E-state index in [-0.39, 0.29) is 18.0 Å². The molecule has 2 N–H and O–H groups in total. The lowest BCUT2D eigenvalue weighted by Gasteiger charge is -2.07. The van der Waals surface area contributed by atoms with E-state index >= 15 is 0 Å². The molecule has 0 fully saturated rings. The van der Waals surface area contributed by atoms with Crippen molar-refractivity contribution in [2.45, 2.75) is 20.5 Å². The van der Waals surface area contributed by atoms with Gasteiger partial charge >= 0.3 is 5.97 Å². The van der Waals surface area contributed by atoms with E-state index in [1.807, 2.05) is 32.0 Å². The highest BCUT2D eigenvalue weighted by Crippen LogP contribution is 2.17. The third kappa shape index (κ3) is 3.03. The second kappa shape index (κ2) is 5.56. The number of aromatic carboxylic acids is 1. The SMILES string of the molecule is Cc1ccc(OCc2ncc(C(=O)O)c(=O)[nH]2)cc1C. The van der Waals surface area contributed by atoms with E-state index in [1.54, 1.807) is 0 Å². The van der Waals surface area contributed by atoms with E-state index in [1.165, 1.54) is 0 Å². The van der Waals surface area contributed by atoms with Gasteiger partial charge in [-0.05, 0) is 37.1 Å². The molecule has 2 rings (SSSR count). The van der Waals surface area contributed by atoms with E-state index in [0.29, 0.717) is 5.75 Å². The molecule has 0 saturated carbocycles. The van der Waals surface area contributed by atoms with Crippen LogP contribution in [0, 0.1) is 13.8 Å². The van der Waals surface area contributed by atoms with Crippen molar-refractivity contribution < 1.29 is 14.6 Å². The Labute approximate surface area is 115 Å². The topological polar surface area (TPSA) is 92.3 Å². The maximum atomic E-state index is 11.5. The van der Waals surface area contributed by atoms with Crippen LogP contribution >= 0.6 is 0 Å². The average molecular weight is 274 g/mol. The number of aromatic amines is 1. The van der Waals surface area contributed by atoms with E-state index in [2.05, 4.69) is 9.97 Å². The summed E-state index contributed by atoms with van der Waals surface area (Å²) in [7, 11) is 0. The van der Waals surface area contributed by atoms with Crippen LogP contribution in [0.1, 0.15) is 27.3 Å². The molecule has 2 aromatic rings. The fourth-order valence-corrected chi connectivity index (χ4v) is 1.61. The van der Waals surface area contributed by atoms with Crippen LogP contribution in [-0.4, -0.2) is 21.0 Å². The zero-order chi connectivity index (χ0) is 14.7. The van der Waals surface area contributed by atoms with Gasteiger partial charge in [-0.1, -0.05) is 6.07 Å². The number of nitrogens with zero attached hydrogens (tertiary/aromatic N) is 1. The van der Waals surface area contributed by atoms with Crippen molar-refractivity contribution in [3.63, 3.8) is 0 Å². The van der Waals surface area contributed by atoms with E-state index in [4.69, 9.17) is 9.84 Å². The number of carboxylic acid groups (broad SMARTS) is 1. The smallest absolute Gasteiger partial charge is 0.342 e. The highest BCUT2D eigenvalue weighted by Gasteiger charge is 2.10. The molecule has 0 amide bonds. The fourth-order valence-electron chi connectivity index (χ4n) is 1.61. The maximum Gasteiger partial charge on any atom is 0.342 e. The van der Waals surface area contributed by atoms with Gasteiger partial charge < -0.3 is 14.8 Å². The van der Waals surface area contributed by atoms with E-state index in [0.717, 1.165) is 17.3 Å². The quantitative estimate of drug-likeness (QED) is 0.884. The summed E-state index contributed by atoms with van der Waals surface area (Å²) in [6.07, 6.45) is 1.03. The third-order valence-corrected chi connectivity index (χ3v) is 2.94. The van der Waals surface area contributed by atoms with Crippen LogP contribution in [0.25, 0.3) is 0 Å². The van der Waals surface area contributed by atoms with Gasteiger partial charge in [0.15, 0.2) is 0 Å². The number of benzene rings is 1. The molecule has 6 heteroatoms. The number of carboxylic acids is 1. The molecule has 1 aromatic heterocycles.